The van der Waals surface area contributed by atoms with Gasteiger partial charge in [-0.2, -0.15) is 0 Å². The fraction of sp³-hybridized carbons (Fsp3) is 0. The Bertz CT molecular complexity index is 653. The topological polar surface area (TPSA) is 128 Å². The lowest BCUT2D eigenvalue weighted by Crippen LogP contribution is -2.12. The predicted octanol–water partition coefficient (Wildman–Crippen LogP) is 2.21. The van der Waals surface area contributed by atoms with Gasteiger partial charge >= 0.3 is 0 Å². The molecule has 1 amide bonds. The number of nitrogens with zero attached hydrogens (tertiary/aromatic N) is 3. The molecule has 10 heteroatoms. The van der Waals surface area contributed by atoms with Crippen LogP contribution in [0.15, 0.2) is 29.8 Å². The normalized spacial score (nSPS) is 10.0. The Morgan fingerprint density at radius 3 is 2.20 bits per heavy atom. The Morgan fingerprint density at radius 1 is 1.15 bits per heavy atom. The fourth-order valence-electron chi connectivity index (χ4n) is 1.39. The van der Waals surface area contributed by atoms with Crippen LogP contribution in [0.3, 0.4) is 0 Å². The average Bonchev–Trinajstić information content (AvgIpc) is 2.90. The molecule has 0 bridgehead atoms. The van der Waals surface area contributed by atoms with Crippen LogP contribution in [-0.2, 0) is 0 Å². The molecular weight excluding hydrogens is 288 g/mol. The van der Waals surface area contributed by atoms with E-state index in [4.69, 9.17) is 0 Å². The second kappa shape index (κ2) is 5.40. The van der Waals surface area contributed by atoms with E-state index in [1.165, 1.54) is 6.20 Å². The molecule has 0 saturated carbocycles. The van der Waals surface area contributed by atoms with E-state index in [1.54, 1.807) is 5.38 Å². The minimum Gasteiger partial charge on any atom is -0.298 e. The molecule has 2 aromatic rings. The standard InChI is InChI=1S/C10H6N4O5S/c15-9(12-10-11-1-2-20-10)6-3-7(13(16)17)5-8(4-6)14(18)19/h1-5H,(H,11,12,15). The van der Waals surface area contributed by atoms with E-state index < -0.39 is 27.1 Å². The zero-order valence-corrected chi connectivity index (χ0v) is 10.5. The molecule has 1 heterocycles. The van der Waals surface area contributed by atoms with Crippen LogP contribution in [-0.4, -0.2) is 20.7 Å². The van der Waals surface area contributed by atoms with Crippen molar-refractivity contribution < 1.29 is 14.6 Å². The minimum absolute atomic E-state index is 0.180. The molecule has 102 valence electrons. The van der Waals surface area contributed by atoms with Gasteiger partial charge in [-0.15, -0.1) is 11.3 Å². The summed E-state index contributed by atoms with van der Waals surface area (Å²) in [6.07, 6.45) is 1.47. The highest BCUT2D eigenvalue weighted by molar-refractivity contribution is 7.13. The first kappa shape index (κ1) is 13.5. The number of aromatic nitrogens is 1. The molecule has 0 radical (unpaired) electrons. The number of carbonyl (C=O) groups excluding carboxylic acids is 1. The highest BCUT2D eigenvalue weighted by Crippen LogP contribution is 2.23. The number of amides is 1. The lowest BCUT2D eigenvalue weighted by Gasteiger charge is -2.02. The minimum atomic E-state index is -0.798. The van der Waals surface area contributed by atoms with Gasteiger partial charge in [0.15, 0.2) is 5.13 Å². The van der Waals surface area contributed by atoms with E-state index in [9.17, 15) is 25.0 Å². The summed E-state index contributed by atoms with van der Waals surface area (Å²) in [6, 6.07) is 2.73. The maximum absolute atomic E-state index is 11.9. The van der Waals surface area contributed by atoms with Gasteiger partial charge in [-0.1, -0.05) is 0 Å². The highest BCUT2D eigenvalue weighted by Gasteiger charge is 2.20. The van der Waals surface area contributed by atoms with Crippen molar-refractivity contribution in [3.05, 3.63) is 55.6 Å². The quantitative estimate of drug-likeness (QED) is 0.679. The van der Waals surface area contributed by atoms with Crippen LogP contribution in [0, 0.1) is 20.2 Å². The number of anilines is 1. The first-order valence-electron chi connectivity index (χ1n) is 5.12. The molecule has 1 aromatic heterocycles. The van der Waals surface area contributed by atoms with Crippen LogP contribution in [0.4, 0.5) is 16.5 Å². The van der Waals surface area contributed by atoms with E-state index in [2.05, 4.69) is 10.3 Å². The summed E-state index contributed by atoms with van der Waals surface area (Å²) < 4.78 is 0. The Hall–Kier alpha value is -2.88. The van der Waals surface area contributed by atoms with Gasteiger partial charge < -0.3 is 0 Å². The first-order chi connectivity index (χ1) is 9.47. The van der Waals surface area contributed by atoms with Crippen molar-refractivity contribution in [1.29, 1.82) is 0 Å². The number of nitro groups is 2. The molecule has 9 nitrogen and oxygen atoms in total. The van der Waals surface area contributed by atoms with Gasteiger partial charge in [0.1, 0.15) is 0 Å². The van der Waals surface area contributed by atoms with E-state index in [-0.39, 0.29) is 5.56 Å². The van der Waals surface area contributed by atoms with Gasteiger partial charge in [0, 0.05) is 23.7 Å². The molecule has 0 unspecified atom stereocenters. The zero-order chi connectivity index (χ0) is 14.7. The number of thiazole rings is 1. The third-order valence-corrected chi connectivity index (χ3v) is 2.93. The number of hydrogen-bond acceptors (Lipinski definition) is 7. The van der Waals surface area contributed by atoms with Gasteiger partial charge in [0.25, 0.3) is 17.3 Å². The summed E-state index contributed by atoms with van der Waals surface area (Å²) in [5, 5.41) is 25.7. The fourth-order valence-corrected chi connectivity index (χ4v) is 1.92. The summed E-state index contributed by atoms with van der Waals surface area (Å²) >= 11 is 1.16. The Balaban J connectivity index is 2.37. The summed E-state index contributed by atoms with van der Waals surface area (Å²) in [5.41, 5.74) is -1.23. The highest BCUT2D eigenvalue weighted by atomic mass is 32.1. The smallest absolute Gasteiger partial charge is 0.277 e. The van der Waals surface area contributed by atoms with Crippen molar-refractivity contribution in [3.8, 4) is 0 Å². The zero-order valence-electron chi connectivity index (χ0n) is 9.68. The molecular formula is C10H6N4O5S. The molecule has 0 aliphatic rings. The molecule has 0 atom stereocenters. The number of non-ortho nitro benzene ring substituents is 2. The molecule has 0 aliphatic heterocycles. The number of carbonyl (C=O) groups is 1. The third kappa shape index (κ3) is 2.92. The number of benzene rings is 1. The van der Waals surface area contributed by atoms with Crippen LogP contribution in [0.25, 0.3) is 0 Å². The van der Waals surface area contributed by atoms with E-state index in [1.807, 2.05) is 0 Å². The van der Waals surface area contributed by atoms with Gasteiger partial charge in [-0.25, -0.2) is 4.98 Å². The summed E-state index contributed by atoms with van der Waals surface area (Å²) in [5.74, 6) is -0.702. The number of rotatable bonds is 4. The van der Waals surface area contributed by atoms with Crippen molar-refractivity contribution >= 4 is 33.8 Å². The summed E-state index contributed by atoms with van der Waals surface area (Å²) in [4.78, 5) is 35.5. The lowest BCUT2D eigenvalue weighted by molar-refractivity contribution is -0.394. The van der Waals surface area contributed by atoms with Gasteiger partial charge in [0.2, 0.25) is 0 Å². The second-order valence-corrected chi connectivity index (χ2v) is 4.44. The summed E-state index contributed by atoms with van der Waals surface area (Å²) in [6.45, 7) is 0. The Morgan fingerprint density at radius 2 is 1.75 bits per heavy atom. The predicted molar refractivity (Wildman–Crippen MR) is 69.8 cm³/mol. The number of nitro benzene ring substituents is 2. The molecule has 20 heavy (non-hydrogen) atoms. The molecule has 0 spiro atoms. The van der Waals surface area contributed by atoms with Crippen molar-refractivity contribution in [2.45, 2.75) is 0 Å². The Kier molecular flexibility index (Phi) is 3.66. The van der Waals surface area contributed by atoms with Crippen LogP contribution < -0.4 is 5.32 Å². The van der Waals surface area contributed by atoms with Gasteiger partial charge in [0.05, 0.1) is 21.5 Å². The van der Waals surface area contributed by atoms with Crippen LogP contribution in [0.2, 0.25) is 0 Å². The van der Waals surface area contributed by atoms with Crippen LogP contribution in [0.1, 0.15) is 10.4 Å². The Labute approximate surface area is 115 Å². The van der Waals surface area contributed by atoms with Crippen molar-refractivity contribution in [2.75, 3.05) is 5.32 Å². The maximum atomic E-state index is 11.9. The van der Waals surface area contributed by atoms with Crippen LogP contribution in [0.5, 0.6) is 0 Å². The second-order valence-electron chi connectivity index (χ2n) is 3.54. The molecule has 0 saturated heterocycles. The van der Waals surface area contributed by atoms with Crippen LogP contribution >= 0.6 is 11.3 Å². The van der Waals surface area contributed by atoms with Crippen molar-refractivity contribution in [2.24, 2.45) is 0 Å². The monoisotopic (exact) mass is 294 g/mol. The van der Waals surface area contributed by atoms with Gasteiger partial charge in [-0.3, -0.25) is 30.3 Å². The lowest BCUT2D eigenvalue weighted by atomic mass is 10.1. The largest absolute Gasteiger partial charge is 0.298 e. The third-order valence-electron chi connectivity index (χ3n) is 2.24. The SMILES string of the molecule is O=C(Nc1nccs1)c1cc([N+](=O)[O-])cc([N+](=O)[O-])c1. The molecule has 1 N–H and O–H groups in total. The molecule has 0 aliphatic carbocycles. The van der Waals surface area contributed by atoms with E-state index in [0.717, 1.165) is 29.5 Å². The summed E-state index contributed by atoms with van der Waals surface area (Å²) in [7, 11) is 0. The molecule has 0 fully saturated rings. The molecule has 2 rings (SSSR count). The molecule has 1 aromatic carbocycles. The van der Waals surface area contributed by atoms with Crippen molar-refractivity contribution in [1.82, 2.24) is 4.98 Å². The van der Waals surface area contributed by atoms with Crippen molar-refractivity contribution in [3.63, 3.8) is 0 Å². The van der Waals surface area contributed by atoms with E-state index in [0.29, 0.717) is 5.13 Å². The first-order valence-corrected chi connectivity index (χ1v) is 6.00. The number of hydrogen-bond donors (Lipinski definition) is 1. The number of nitrogens with one attached hydrogen (secondary N) is 1. The van der Waals surface area contributed by atoms with Gasteiger partial charge in [-0.05, 0) is 0 Å². The maximum Gasteiger partial charge on any atom is 0.277 e. The van der Waals surface area contributed by atoms with E-state index >= 15 is 0 Å². The average molecular weight is 294 g/mol.